The van der Waals surface area contributed by atoms with E-state index in [0.29, 0.717) is 5.56 Å². The fraction of sp³-hybridized carbons (Fsp3) is 0.286. The highest BCUT2D eigenvalue weighted by atomic mass is 16.1. The third kappa shape index (κ3) is 2.37. The van der Waals surface area contributed by atoms with Crippen LogP contribution in [0.4, 0.5) is 5.69 Å². The van der Waals surface area contributed by atoms with Crippen LogP contribution in [-0.2, 0) is 0 Å². The Balaban J connectivity index is 1.97. The lowest BCUT2D eigenvalue weighted by atomic mass is 10.1. The van der Waals surface area contributed by atoms with Crippen molar-refractivity contribution in [1.29, 1.82) is 0 Å². The molecule has 2 aromatic rings. The van der Waals surface area contributed by atoms with Crippen LogP contribution in [0, 0.1) is 0 Å². The number of benzene rings is 1. The Bertz CT molecular complexity index is 620. The van der Waals surface area contributed by atoms with Crippen molar-refractivity contribution in [2.45, 2.75) is 0 Å². The number of nitrogens with zero attached hydrogens (tertiary/aromatic N) is 2. The van der Waals surface area contributed by atoms with Gasteiger partial charge in [-0.2, -0.15) is 0 Å². The monoisotopic (exact) mass is 256 g/mol. The van der Waals surface area contributed by atoms with Crippen LogP contribution in [0.25, 0.3) is 10.9 Å². The Labute approximate surface area is 111 Å². The molecule has 0 unspecified atom stereocenters. The first kappa shape index (κ1) is 11.9. The number of anilines is 1. The molecule has 0 atom stereocenters. The van der Waals surface area contributed by atoms with Gasteiger partial charge in [-0.05, 0) is 18.2 Å². The number of amides is 1. The molecule has 0 aliphatic carbocycles. The van der Waals surface area contributed by atoms with E-state index in [1.807, 2.05) is 6.07 Å². The van der Waals surface area contributed by atoms with Crippen LogP contribution in [0.3, 0.4) is 0 Å². The highest BCUT2D eigenvalue weighted by Crippen LogP contribution is 2.21. The fourth-order valence-corrected chi connectivity index (χ4v) is 2.36. The summed E-state index contributed by atoms with van der Waals surface area (Å²) in [6.45, 7) is 4.02. The molecule has 0 saturated carbocycles. The zero-order chi connectivity index (χ0) is 13.2. The zero-order valence-corrected chi connectivity index (χ0v) is 10.6. The van der Waals surface area contributed by atoms with Crippen LogP contribution in [0.2, 0.25) is 0 Å². The Morgan fingerprint density at radius 2 is 2.05 bits per heavy atom. The van der Waals surface area contributed by atoms with Crippen molar-refractivity contribution in [2.75, 3.05) is 31.1 Å². The number of hydrogen-bond acceptors (Lipinski definition) is 4. The number of piperazine rings is 1. The lowest BCUT2D eigenvalue weighted by molar-refractivity contribution is 0.1000. The maximum atomic E-state index is 11.1. The smallest absolute Gasteiger partial charge is 0.250 e. The van der Waals surface area contributed by atoms with Gasteiger partial charge in [0.05, 0.1) is 11.1 Å². The molecule has 5 nitrogen and oxygen atoms in total. The first-order valence-corrected chi connectivity index (χ1v) is 6.39. The molecule has 1 aromatic heterocycles. The number of nitrogens with one attached hydrogen (secondary N) is 1. The first-order chi connectivity index (χ1) is 9.24. The topological polar surface area (TPSA) is 71.2 Å². The lowest BCUT2D eigenvalue weighted by Gasteiger charge is -2.29. The van der Waals surface area contributed by atoms with Gasteiger partial charge in [-0.15, -0.1) is 0 Å². The minimum Gasteiger partial charge on any atom is -0.369 e. The normalized spacial score (nSPS) is 15.7. The van der Waals surface area contributed by atoms with Crippen molar-refractivity contribution < 1.29 is 4.79 Å². The summed E-state index contributed by atoms with van der Waals surface area (Å²) in [5.74, 6) is -0.444. The SMILES string of the molecule is NC(=O)c1cnc2cc(N3CCNCC3)ccc2c1. The second kappa shape index (κ2) is 4.85. The number of hydrogen-bond donors (Lipinski definition) is 2. The summed E-state index contributed by atoms with van der Waals surface area (Å²) in [6.07, 6.45) is 1.53. The quantitative estimate of drug-likeness (QED) is 0.831. The molecule has 1 aliphatic heterocycles. The van der Waals surface area contributed by atoms with Gasteiger partial charge in [0, 0.05) is 43.4 Å². The highest BCUT2D eigenvalue weighted by Gasteiger charge is 2.11. The van der Waals surface area contributed by atoms with Crippen LogP contribution in [0.15, 0.2) is 30.5 Å². The molecule has 5 heteroatoms. The third-order valence-corrected chi connectivity index (χ3v) is 3.43. The molecule has 3 N–H and O–H groups in total. The number of pyridine rings is 1. The molecule has 0 bridgehead atoms. The van der Waals surface area contributed by atoms with Gasteiger partial charge in [0.15, 0.2) is 0 Å². The number of carbonyl (C=O) groups excluding carboxylic acids is 1. The van der Waals surface area contributed by atoms with Crippen molar-refractivity contribution in [3.63, 3.8) is 0 Å². The van der Waals surface area contributed by atoms with E-state index in [2.05, 4.69) is 27.3 Å². The summed E-state index contributed by atoms with van der Waals surface area (Å²) in [5, 5.41) is 4.27. The van der Waals surface area contributed by atoms with Gasteiger partial charge in [0.1, 0.15) is 0 Å². The molecule has 1 aliphatic rings. The molecule has 1 aromatic carbocycles. The van der Waals surface area contributed by atoms with Crippen molar-refractivity contribution in [3.8, 4) is 0 Å². The molecule has 0 radical (unpaired) electrons. The third-order valence-electron chi connectivity index (χ3n) is 3.43. The summed E-state index contributed by atoms with van der Waals surface area (Å²) in [4.78, 5) is 17.8. The van der Waals surface area contributed by atoms with Crippen LogP contribution >= 0.6 is 0 Å². The van der Waals surface area contributed by atoms with Crippen molar-refractivity contribution >= 4 is 22.5 Å². The summed E-state index contributed by atoms with van der Waals surface area (Å²) >= 11 is 0. The summed E-state index contributed by atoms with van der Waals surface area (Å²) < 4.78 is 0. The van der Waals surface area contributed by atoms with Crippen LogP contribution < -0.4 is 16.0 Å². The molecule has 2 heterocycles. The molecule has 19 heavy (non-hydrogen) atoms. The summed E-state index contributed by atoms with van der Waals surface area (Å²) in [6, 6.07) is 7.91. The number of primary amides is 1. The minimum absolute atomic E-state index is 0.444. The van der Waals surface area contributed by atoms with E-state index < -0.39 is 5.91 Å². The Kier molecular flexibility index (Phi) is 3.05. The van der Waals surface area contributed by atoms with E-state index in [1.165, 1.54) is 11.9 Å². The predicted octanol–water partition coefficient (Wildman–Crippen LogP) is 0.743. The summed E-state index contributed by atoms with van der Waals surface area (Å²) in [5.41, 5.74) is 7.77. The number of aromatic nitrogens is 1. The summed E-state index contributed by atoms with van der Waals surface area (Å²) in [7, 11) is 0. The first-order valence-electron chi connectivity index (χ1n) is 6.39. The largest absolute Gasteiger partial charge is 0.369 e. The Morgan fingerprint density at radius 3 is 2.79 bits per heavy atom. The van der Waals surface area contributed by atoms with Gasteiger partial charge >= 0.3 is 0 Å². The predicted molar refractivity (Wildman–Crippen MR) is 75.3 cm³/mol. The maximum Gasteiger partial charge on any atom is 0.250 e. The van der Waals surface area contributed by atoms with Crippen LogP contribution in [-0.4, -0.2) is 37.1 Å². The zero-order valence-electron chi connectivity index (χ0n) is 10.6. The molecule has 3 rings (SSSR count). The van der Waals surface area contributed by atoms with Crippen LogP contribution in [0.5, 0.6) is 0 Å². The van der Waals surface area contributed by atoms with Gasteiger partial charge in [-0.3, -0.25) is 9.78 Å². The van der Waals surface area contributed by atoms with E-state index >= 15 is 0 Å². The molecule has 0 spiro atoms. The van der Waals surface area contributed by atoms with Gasteiger partial charge in [-0.1, -0.05) is 6.07 Å². The molecule has 1 saturated heterocycles. The lowest BCUT2D eigenvalue weighted by Crippen LogP contribution is -2.43. The standard InChI is InChI=1S/C14H16N4O/c15-14(19)11-7-10-1-2-12(8-13(10)17-9-11)18-5-3-16-4-6-18/h1-2,7-9,16H,3-6H2,(H2,15,19). The van der Waals surface area contributed by atoms with Crippen molar-refractivity contribution in [3.05, 3.63) is 36.0 Å². The van der Waals surface area contributed by atoms with E-state index in [0.717, 1.165) is 37.1 Å². The van der Waals surface area contributed by atoms with Gasteiger partial charge in [-0.25, -0.2) is 0 Å². The second-order valence-corrected chi connectivity index (χ2v) is 4.70. The Morgan fingerprint density at radius 1 is 1.26 bits per heavy atom. The van der Waals surface area contributed by atoms with Gasteiger partial charge in [0.25, 0.3) is 0 Å². The van der Waals surface area contributed by atoms with Gasteiger partial charge in [0.2, 0.25) is 5.91 Å². The van der Waals surface area contributed by atoms with Gasteiger partial charge < -0.3 is 16.0 Å². The average Bonchev–Trinajstić information content (AvgIpc) is 2.47. The molecular weight excluding hydrogens is 240 g/mol. The second-order valence-electron chi connectivity index (χ2n) is 4.70. The Hall–Kier alpha value is -2.14. The maximum absolute atomic E-state index is 11.1. The van der Waals surface area contributed by atoms with E-state index in [1.54, 1.807) is 6.07 Å². The number of rotatable bonds is 2. The van der Waals surface area contributed by atoms with E-state index in [-0.39, 0.29) is 0 Å². The molecule has 1 amide bonds. The molecule has 98 valence electrons. The minimum atomic E-state index is -0.444. The highest BCUT2D eigenvalue weighted by molar-refractivity contribution is 5.96. The van der Waals surface area contributed by atoms with Crippen molar-refractivity contribution in [1.82, 2.24) is 10.3 Å². The molecular formula is C14H16N4O. The van der Waals surface area contributed by atoms with Crippen molar-refractivity contribution in [2.24, 2.45) is 5.73 Å². The van der Waals surface area contributed by atoms with E-state index in [9.17, 15) is 4.79 Å². The number of fused-ring (bicyclic) bond motifs is 1. The molecule has 1 fully saturated rings. The number of carbonyl (C=O) groups is 1. The van der Waals surface area contributed by atoms with Crippen LogP contribution in [0.1, 0.15) is 10.4 Å². The average molecular weight is 256 g/mol. The fourth-order valence-electron chi connectivity index (χ4n) is 2.36. The number of nitrogens with two attached hydrogens (primary N) is 1. The van der Waals surface area contributed by atoms with E-state index in [4.69, 9.17) is 5.73 Å².